The monoisotopic (exact) mass is 363 g/mol. The molecule has 0 aromatic heterocycles. The maximum atomic E-state index is 12.2. The molecular weight excluding hydrogens is 349 g/mol. The Bertz CT molecular complexity index is 800. The number of nitrogens with zero attached hydrogens (tertiary/aromatic N) is 1. The fraction of sp³-hybridized carbons (Fsp3) is 0.222. The topological polar surface area (TPSA) is 46.6 Å². The first-order valence-corrected chi connectivity index (χ1v) is 8.27. The Hall–Kier alpha value is -2.04. The summed E-state index contributed by atoms with van der Waals surface area (Å²) in [5, 5.41) is 1.00. The van der Waals surface area contributed by atoms with E-state index < -0.39 is 11.7 Å². The smallest absolute Gasteiger partial charge is 0.299 e. The minimum Gasteiger partial charge on any atom is -0.493 e. The van der Waals surface area contributed by atoms with Crippen molar-refractivity contribution in [2.24, 2.45) is 0 Å². The standard InChI is InChI=1S/C18H15Cl2NO3/c1-11-4-2-5-15-16(11)21(18(23)17(15)22)6-3-7-24-14-9-12(19)8-13(20)10-14/h2,4-5,8-10H,3,6-7H2,1H3. The van der Waals surface area contributed by atoms with E-state index in [1.54, 1.807) is 30.3 Å². The summed E-state index contributed by atoms with van der Waals surface area (Å²) < 4.78 is 5.62. The average Bonchev–Trinajstić information content (AvgIpc) is 2.77. The molecule has 3 rings (SSSR count). The number of benzene rings is 2. The first kappa shape index (κ1) is 16.8. The minimum absolute atomic E-state index is 0.385. The van der Waals surface area contributed by atoms with E-state index in [0.29, 0.717) is 46.6 Å². The molecule has 0 saturated carbocycles. The van der Waals surface area contributed by atoms with E-state index in [4.69, 9.17) is 27.9 Å². The number of Topliss-reactive ketones (excluding diaryl/α,β-unsaturated/α-hetero) is 1. The van der Waals surface area contributed by atoms with E-state index in [-0.39, 0.29) is 0 Å². The summed E-state index contributed by atoms with van der Waals surface area (Å²) in [6.45, 7) is 2.69. The molecule has 6 heteroatoms. The number of rotatable bonds is 5. The van der Waals surface area contributed by atoms with E-state index >= 15 is 0 Å². The fourth-order valence-electron chi connectivity index (χ4n) is 2.78. The third-order valence-corrected chi connectivity index (χ3v) is 4.26. The van der Waals surface area contributed by atoms with Crippen LogP contribution < -0.4 is 9.64 Å². The maximum absolute atomic E-state index is 12.2. The second-order valence-corrected chi connectivity index (χ2v) is 6.44. The number of ketones is 1. The summed E-state index contributed by atoms with van der Waals surface area (Å²) >= 11 is 11.8. The lowest BCUT2D eigenvalue weighted by Crippen LogP contribution is -2.31. The number of aryl methyl sites for hydroxylation is 1. The van der Waals surface area contributed by atoms with Gasteiger partial charge < -0.3 is 9.64 Å². The van der Waals surface area contributed by atoms with Gasteiger partial charge in [0.25, 0.3) is 11.7 Å². The highest BCUT2D eigenvalue weighted by atomic mass is 35.5. The molecule has 124 valence electrons. The van der Waals surface area contributed by atoms with Crippen molar-refractivity contribution < 1.29 is 14.3 Å². The van der Waals surface area contributed by atoms with Gasteiger partial charge in [-0.1, -0.05) is 35.3 Å². The van der Waals surface area contributed by atoms with Gasteiger partial charge in [0.1, 0.15) is 5.75 Å². The highest BCUT2D eigenvalue weighted by molar-refractivity contribution is 6.52. The molecule has 0 bridgehead atoms. The van der Waals surface area contributed by atoms with Gasteiger partial charge in [-0.2, -0.15) is 0 Å². The minimum atomic E-state index is -0.481. The van der Waals surface area contributed by atoms with Crippen LogP contribution in [0.3, 0.4) is 0 Å². The molecule has 24 heavy (non-hydrogen) atoms. The number of halogens is 2. The molecule has 2 aromatic carbocycles. The number of hydrogen-bond acceptors (Lipinski definition) is 3. The van der Waals surface area contributed by atoms with Gasteiger partial charge >= 0.3 is 0 Å². The molecule has 0 fully saturated rings. The SMILES string of the molecule is Cc1cccc2c1N(CCCOc1cc(Cl)cc(Cl)c1)C(=O)C2=O. The molecule has 0 unspecified atom stereocenters. The second-order valence-electron chi connectivity index (χ2n) is 5.56. The lowest BCUT2D eigenvalue weighted by atomic mass is 10.1. The van der Waals surface area contributed by atoms with Crippen molar-refractivity contribution in [1.29, 1.82) is 0 Å². The van der Waals surface area contributed by atoms with E-state index in [1.165, 1.54) is 4.90 Å². The van der Waals surface area contributed by atoms with Crippen LogP contribution in [0.5, 0.6) is 5.75 Å². The van der Waals surface area contributed by atoms with Crippen LogP contribution in [0.15, 0.2) is 36.4 Å². The molecule has 0 atom stereocenters. The van der Waals surface area contributed by atoms with Gasteiger partial charge in [0.15, 0.2) is 0 Å². The van der Waals surface area contributed by atoms with Gasteiger partial charge in [-0.15, -0.1) is 0 Å². The zero-order chi connectivity index (χ0) is 17.3. The van der Waals surface area contributed by atoms with Crippen LogP contribution in [0.4, 0.5) is 5.69 Å². The van der Waals surface area contributed by atoms with Gasteiger partial charge in [-0.05, 0) is 43.2 Å². The average molecular weight is 364 g/mol. The van der Waals surface area contributed by atoms with Crippen molar-refractivity contribution in [3.05, 3.63) is 57.6 Å². The van der Waals surface area contributed by atoms with Gasteiger partial charge in [-0.25, -0.2) is 0 Å². The molecule has 1 heterocycles. The lowest BCUT2D eigenvalue weighted by molar-refractivity contribution is -0.114. The van der Waals surface area contributed by atoms with Gasteiger partial charge in [0.05, 0.1) is 17.9 Å². The highest BCUT2D eigenvalue weighted by Crippen LogP contribution is 2.32. The summed E-state index contributed by atoms with van der Waals surface area (Å²) in [6, 6.07) is 10.4. The third kappa shape index (κ3) is 3.25. The quantitative estimate of drug-likeness (QED) is 0.587. The number of amides is 1. The molecule has 0 radical (unpaired) electrons. The summed E-state index contributed by atoms with van der Waals surface area (Å²) in [5.74, 6) is -0.353. The van der Waals surface area contributed by atoms with Crippen LogP contribution >= 0.6 is 23.2 Å². The zero-order valence-corrected chi connectivity index (χ0v) is 14.5. The summed E-state index contributed by atoms with van der Waals surface area (Å²) in [4.78, 5) is 25.7. The Morgan fingerprint density at radius 3 is 2.50 bits per heavy atom. The lowest BCUT2D eigenvalue weighted by Gasteiger charge is -2.18. The number of para-hydroxylation sites is 1. The van der Waals surface area contributed by atoms with Crippen LogP contribution in [0.25, 0.3) is 0 Å². The van der Waals surface area contributed by atoms with Crippen molar-refractivity contribution in [3.63, 3.8) is 0 Å². The molecular formula is C18H15Cl2NO3. The number of carbonyl (C=O) groups is 2. The third-order valence-electron chi connectivity index (χ3n) is 3.82. The van der Waals surface area contributed by atoms with Crippen LogP contribution in [0.2, 0.25) is 10.0 Å². The first-order valence-electron chi connectivity index (χ1n) is 7.52. The Morgan fingerprint density at radius 1 is 1.08 bits per heavy atom. The van der Waals surface area contributed by atoms with E-state index in [1.807, 2.05) is 13.0 Å². The van der Waals surface area contributed by atoms with E-state index in [0.717, 1.165) is 5.56 Å². The molecule has 0 saturated heterocycles. The van der Waals surface area contributed by atoms with Gasteiger partial charge in [0.2, 0.25) is 0 Å². The number of hydrogen-bond donors (Lipinski definition) is 0. The van der Waals surface area contributed by atoms with Crippen LogP contribution in [0, 0.1) is 6.92 Å². The molecule has 1 aliphatic heterocycles. The number of anilines is 1. The van der Waals surface area contributed by atoms with Crippen molar-refractivity contribution >= 4 is 40.6 Å². The highest BCUT2D eigenvalue weighted by Gasteiger charge is 2.36. The number of ether oxygens (including phenoxy) is 1. The van der Waals surface area contributed by atoms with Crippen LogP contribution in [0.1, 0.15) is 22.3 Å². The van der Waals surface area contributed by atoms with Gasteiger partial charge in [0, 0.05) is 16.6 Å². The van der Waals surface area contributed by atoms with Crippen molar-refractivity contribution in [1.82, 2.24) is 0 Å². The Morgan fingerprint density at radius 2 is 1.79 bits per heavy atom. The van der Waals surface area contributed by atoms with E-state index in [2.05, 4.69) is 0 Å². The normalized spacial score (nSPS) is 13.4. The van der Waals surface area contributed by atoms with Crippen LogP contribution in [-0.4, -0.2) is 24.8 Å². The van der Waals surface area contributed by atoms with Crippen molar-refractivity contribution in [2.45, 2.75) is 13.3 Å². The van der Waals surface area contributed by atoms with E-state index in [9.17, 15) is 9.59 Å². The number of carbonyl (C=O) groups excluding carboxylic acids is 2. The molecule has 4 nitrogen and oxygen atoms in total. The fourth-order valence-corrected chi connectivity index (χ4v) is 3.28. The maximum Gasteiger partial charge on any atom is 0.299 e. The van der Waals surface area contributed by atoms with Gasteiger partial charge in [-0.3, -0.25) is 9.59 Å². The number of fused-ring (bicyclic) bond motifs is 1. The largest absolute Gasteiger partial charge is 0.493 e. The summed E-state index contributed by atoms with van der Waals surface area (Å²) in [5.41, 5.74) is 2.09. The van der Waals surface area contributed by atoms with Crippen LogP contribution in [-0.2, 0) is 4.79 Å². The molecule has 0 N–H and O–H groups in total. The predicted octanol–water partition coefficient (Wildman–Crippen LogP) is 4.30. The summed E-state index contributed by atoms with van der Waals surface area (Å²) in [6.07, 6.45) is 0.580. The zero-order valence-electron chi connectivity index (χ0n) is 13.0. The molecule has 1 aliphatic rings. The first-order chi connectivity index (χ1) is 11.5. The summed E-state index contributed by atoms with van der Waals surface area (Å²) in [7, 11) is 0. The Balaban J connectivity index is 1.63. The Kier molecular flexibility index (Phi) is 4.78. The molecule has 2 aromatic rings. The predicted molar refractivity (Wildman–Crippen MR) is 94.4 cm³/mol. The molecule has 1 amide bonds. The molecule has 0 aliphatic carbocycles. The van der Waals surface area contributed by atoms with Crippen molar-refractivity contribution in [2.75, 3.05) is 18.1 Å². The van der Waals surface area contributed by atoms with Crippen molar-refractivity contribution in [3.8, 4) is 5.75 Å². The second kappa shape index (κ2) is 6.83. The molecule has 0 spiro atoms. The Labute approximate surface area is 149 Å².